The van der Waals surface area contributed by atoms with Gasteiger partial charge in [0.2, 0.25) is 11.8 Å². The normalized spacial score (nSPS) is 23.1. The molecule has 1 fully saturated rings. The van der Waals surface area contributed by atoms with Crippen LogP contribution >= 0.6 is 0 Å². The lowest BCUT2D eigenvalue weighted by Crippen LogP contribution is -2.22. The molecule has 2 heterocycles. The van der Waals surface area contributed by atoms with Crippen LogP contribution in [0.3, 0.4) is 0 Å². The number of imidazole rings is 1. The van der Waals surface area contributed by atoms with Crippen LogP contribution in [0.15, 0.2) is 12.1 Å². The summed E-state index contributed by atoms with van der Waals surface area (Å²) in [6.45, 7) is 0. The second kappa shape index (κ2) is 4.70. The Hall–Kier alpha value is -1.82. The van der Waals surface area contributed by atoms with Gasteiger partial charge in [0.1, 0.15) is 5.52 Å². The van der Waals surface area contributed by atoms with Gasteiger partial charge in [0, 0.05) is 13.2 Å². The number of pyridine rings is 1. The molecule has 0 spiro atoms. The maximum atomic E-state index is 6.06. The topological polar surface area (TPSA) is 75.2 Å². The summed E-state index contributed by atoms with van der Waals surface area (Å²) in [6.07, 6.45) is 3.39. The quantitative estimate of drug-likeness (QED) is 0.912. The van der Waals surface area contributed by atoms with E-state index in [1.54, 1.807) is 20.3 Å². The number of nitrogen functional groups attached to an aromatic ring is 1. The molecule has 2 N–H and O–H groups in total. The molecule has 1 aliphatic carbocycles. The van der Waals surface area contributed by atoms with E-state index in [9.17, 15) is 0 Å². The average Bonchev–Trinajstić information content (AvgIpc) is 3.00. The van der Waals surface area contributed by atoms with E-state index in [-0.39, 0.29) is 12.1 Å². The van der Waals surface area contributed by atoms with E-state index in [4.69, 9.17) is 15.2 Å². The van der Waals surface area contributed by atoms with E-state index in [0.29, 0.717) is 11.8 Å². The standard InChI is InChI=1S/C13H18N4O2/c1-18-10-5-3-4-9(10)17-12-8(15-13(17)14)6-7-11(16-12)19-2/h6-7,9-10H,3-5H2,1-2H3,(H2,14,15). The highest BCUT2D eigenvalue weighted by Crippen LogP contribution is 2.36. The number of ether oxygens (including phenoxy) is 2. The van der Waals surface area contributed by atoms with Gasteiger partial charge in [-0.2, -0.15) is 4.98 Å². The number of rotatable bonds is 3. The number of hydrogen-bond donors (Lipinski definition) is 1. The van der Waals surface area contributed by atoms with Gasteiger partial charge in [-0.05, 0) is 25.3 Å². The molecule has 6 heteroatoms. The van der Waals surface area contributed by atoms with E-state index in [1.165, 1.54) is 0 Å². The third kappa shape index (κ3) is 1.92. The van der Waals surface area contributed by atoms with Gasteiger partial charge in [-0.15, -0.1) is 0 Å². The molecule has 0 amide bonds. The van der Waals surface area contributed by atoms with E-state index < -0.39 is 0 Å². The lowest BCUT2D eigenvalue weighted by atomic mass is 10.2. The van der Waals surface area contributed by atoms with Gasteiger partial charge in [-0.25, -0.2) is 4.98 Å². The summed E-state index contributed by atoms with van der Waals surface area (Å²) in [5.41, 5.74) is 7.62. The molecule has 2 unspecified atom stereocenters. The minimum Gasteiger partial charge on any atom is -0.481 e. The summed E-state index contributed by atoms with van der Waals surface area (Å²) in [4.78, 5) is 8.84. The fourth-order valence-corrected chi connectivity index (χ4v) is 2.89. The third-order valence-corrected chi connectivity index (χ3v) is 3.80. The van der Waals surface area contributed by atoms with Crippen LogP contribution in [0.1, 0.15) is 25.3 Å². The van der Waals surface area contributed by atoms with Crippen molar-refractivity contribution in [3.63, 3.8) is 0 Å². The fraction of sp³-hybridized carbons (Fsp3) is 0.538. The van der Waals surface area contributed by atoms with Crippen LogP contribution in [0, 0.1) is 0 Å². The Balaban J connectivity index is 2.13. The Labute approximate surface area is 111 Å². The van der Waals surface area contributed by atoms with Crippen molar-refractivity contribution >= 4 is 17.1 Å². The zero-order valence-electron chi connectivity index (χ0n) is 11.2. The molecule has 6 nitrogen and oxygen atoms in total. The molecule has 2 aromatic heterocycles. The first-order valence-corrected chi connectivity index (χ1v) is 6.46. The van der Waals surface area contributed by atoms with Crippen LogP contribution in [-0.4, -0.2) is 34.9 Å². The second-order valence-electron chi connectivity index (χ2n) is 4.81. The number of anilines is 1. The summed E-state index contributed by atoms with van der Waals surface area (Å²) in [5, 5.41) is 0. The Morgan fingerprint density at radius 1 is 1.26 bits per heavy atom. The van der Waals surface area contributed by atoms with Crippen molar-refractivity contribution in [2.45, 2.75) is 31.4 Å². The fourth-order valence-electron chi connectivity index (χ4n) is 2.89. The smallest absolute Gasteiger partial charge is 0.215 e. The lowest BCUT2D eigenvalue weighted by molar-refractivity contribution is 0.0766. The van der Waals surface area contributed by atoms with Crippen LogP contribution in [0.25, 0.3) is 11.2 Å². The van der Waals surface area contributed by atoms with E-state index in [1.807, 2.05) is 10.6 Å². The highest BCUT2D eigenvalue weighted by Gasteiger charge is 2.31. The van der Waals surface area contributed by atoms with Crippen LogP contribution in [0.5, 0.6) is 5.88 Å². The molecule has 0 bridgehead atoms. The van der Waals surface area contributed by atoms with Crippen LogP contribution in [0.2, 0.25) is 0 Å². The Morgan fingerprint density at radius 2 is 2.11 bits per heavy atom. The summed E-state index contributed by atoms with van der Waals surface area (Å²) < 4.78 is 12.7. The van der Waals surface area contributed by atoms with Crippen molar-refractivity contribution in [3.8, 4) is 5.88 Å². The molecule has 1 saturated carbocycles. The van der Waals surface area contributed by atoms with Gasteiger partial charge in [0.15, 0.2) is 5.65 Å². The number of nitrogens with zero attached hydrogens (tertiary/aromatic N) is 3. The minimum atomic E-state index is 0.174. The number of aromatic nitrogens is 3. The number of fused-ring (bicyclic) bond motifs is 1. The average molecular weight is 262 g/mol. The largest absolute Gasteiger partial charge is 0.481 e. The highest BCUT2D eigenvalue weighted by molar-refractivity contribution is 5.75. The van der Waals surface area contributed by atoms with Gasteiger partial charge in [0.25, 0.3) is 0 Å². The van der Waals surface area contributed by atoms with E-state index in [0.717, 1.165) is 30.4 Å². The van der Waals surface area contributed by atoms with Crippen molar-refractivity contribution in [2.75, 3.05) is 20.0 Å². The van der Waals surface area contributed by atoms with Crippen LogP contribution in [0.4, 0.5) is 5.95 Å². The van der Waals surface area contributed by atoms with Crippen molar-refractivity contribution in [1.29, 1.82) is 0 Å². The Morgan fingerprint density at radius 3 is 2.84 bits per heavy atom. The first kappa shape index (κ1) is 12.2. The minimum absolute atomic E-state index is 0.174. The molecule has 0 saturated heterocycles. The molecular formula is C13H18N4O2. The molecule has 3 rings (SSSR count). The second-order valence-corrected chi connectivity index (χ2v) is 4.81. The van der Waals surface area contributed by atoms with Crippen molar-refractivity contribution < 1.29 is 9.47 Å². The Kier molecular flexibility index (Phi) is 3.02. The maximum Gasteiger partial charge on any atom is 0.215 e. The molecule has 102 valence electrons. The predicted octanol–water partition coefficient (Wildman–Crippen LogP) is 1.76. The van der Waals surface area contributed by atoms with Gasteiger partial charge in [-0.3, -0.25) is 4.57 Å². The van der Waals surface area contributed by atoms with Gasteiger partial charge in [0.05, 0.1) is 19.3 Å². The van der Waals surface area contributed by atoms with Gasteiger partial charge >= 0.3 is 0 Å². The summed E-state index contributed by atoms with van der Waals surface area (Å²) in [6, 6.07) is 3.88. The zero-order chi connectivity index (χ0) is 13.4. The van der Waals surface area contributed by atoms with E-state index in [2.05, 4.69) is 9.97 Å². The molecule has 0 radical (unpaired) electrons. The molecule has 1 aliphatic rings. The molecule has 19 heavy (non-hydrogen) atoms. The molecule has 2 aromatic rings. The van der Waals surface area contributed by atoms with Crippen molar-refractivity contribution in [2.24, 2.45) is 0 Å². The predicted molar refractivity (Wildman–Crippen MR) is 72.2 cm³/mol. The SMILES string of the molecule is COc1ccc2nc(N)n(C3CCCC3OC)c2n1. The monoisotopic (exact) mass is 262 g/mol. The van der Waals surface area contributed by atoms with Gasteiger partial charge in [-0.1, -0.05) is 0 Å². The highest BCUT2D eigenvalue weighted by atomic mass is 16.5. The molecule has 0 aliphatic heterocycles. The summed E-state index contributed by atoms with van der Waals surface area (Å²) >= 11 is 0. The lowest BCUT2D eigenvalue weighted by Gasteiger charge is -2.21. The van der Waals surface area contributed by atoms with Crippen molar-refractivity contribution in [1.82, 2.24) is 14.5 Å². The third-order valence-electron chi connectivity index (χ3n) is 3.80. The first-order chi connectivity index (χ1) is 9.24. The Bertz CT molecular complexity index is 596. The zero-order valence-corrected chi connectivity index (χ0v) is 11.2. The van der Waals surface area contributed by atoms with E-state index >= 15 is 0 Å². The molecule has 0 aromatic carbocycles. The molecular weight excluding hydrogens is 244 g/mol. The summed E-state index contributed by atoms with van der Waals surface area (Å²) in [7, 11) is 3.35. The van der Waals surface area contributed by atoms with Crippen LogP contribution < -0.4 is 10.5 Å². The van der Waals surface area contributed by atoms with Gasteiger partial charge < -0.3 is 15.2 Å². The number of nitrogens with two attached hydrogens (primary N) is 1. The van der Waals surface area contributed by atoms with Crippen LogP contribution in [-0.2, 0) is 4.74 Å². The summed E-state index contributed by atoms with van der Waals surface area (Å²) in [5.74, 6) is 1.06. The number of hydrogen-bond acceptors (Lipinski definition) is 5. The van der Waals surface area contributed by atoms with Crippen molar-refractivity contribution in [3.05, 3.63) is 12.1 Å². The maximum absolute atomic E-state index is 6.06. The molecule has 2 atom stereocenters. The number of methoxy groups -OCH3 is 2. The first-order valence-electron chi connectivity index (χ1n) is 6.46.